The number of aromatic nitrogens is 1. The predicted octanol–water partition coefficient (Wildman–Crippen LogP) is 2.33. The lowest BCUT2D eigenvalue weighted by atomic mass is 10.1. The number of benzene rings is 1. The van der Waals surface area contributed by atoms with Crippen molar-refractivity contribution in [1.29, 1.82) is 0 Å². The van der Waals surface area contributed by atoms with Crippen LogP contribution in [0.15, 0.2) is 36.7 Å². The number of aliphatic hydroxyl groups is 1. The summed E-state index contributed by atoms with van der Waals surface area (Å²) in [6, 6.07) is 7.35. The van der Waals surface area contributed by atoms with Gasteiger partial charge in [0, 0.05) is 25.5 Å². The average molecular weight is 321 g/mol. The number of hydrogen-bond donors (Lipinski definition) is 2. The molecule has 2 N–H and O–H groups in total. The van der Waals surface area contributed by atoms with Gasteiger partial charge in [-0.25, -0.2) is 0 Å². The maximum Gasteiger partial charge on any atom is 0.179 e. The minimum Gasteiger partial charge on any atom is -0.486 e. The Morgan fingerprint density at radius 2 is 2.00 bits per heavy atom. The first-order valence-electron chi connectivity index (χ1n) is 7.11. The van der Waals surface area contributed by atoms with Crippen LogP contribution in [0.5, 0.6) is 11.5 Å². The fourth-order valence-electron chi connectivity index (χ4n) is 2.32. The van der Waals surface area contributed by atoms with Crippen molar-refractivity contribution in [1.82, 2.24) is 10.3 Å². The molecule has 0 radical (unpaired) electrons. The van der Waals surface area contributed by atoms with Crippen LogP contribution in [0.1, 0.15) is 17.2 Å². The van der Waals surface area contributed by atoms with E-state index < -0.39 is 6.10 Å². The van der Waals surface area contributed by atoms with Crippen LogP contribution in [-0.4, -0.2) is 29.8 Å². The van der Waals surface area contributed by atoms with Gasteiger partial charge in [-0.05, 0) is 35.4 Å². The standard InChI is InChI=1S/C16H17ClN2O3/c17-13-7-11(8-15-16(13)22-6-5-21-15)9-19-10-14(20)12-1-3-18-4-2-12/h1-4,7-8,14,19-20H,5-6,9-10H2. The number of halogens is 1. The highest BCUT2D eigenvalue weighted by Crippen LogP contribution is 2.38. The SMILES string of the molecule is OC(CNCc1cc(Cl)c2c(c1)OCCO2)c1ccncc1. The van der Waals surface area contributed by atoms with E-state index in [0.29, 0.717) is 42.8 Å². The Kier molecular flexibility index (Phi) is 4.77. The maximum absolute atomic E-state index is 10.1. The molecule has 1 unspecified atom stereocenters. The number of pyridine rings is 1. The summed E-state index contributed by atoms with van der Waals surface area (Å²) in [5.74, 6) is 1.28. The molecular weight excluding hydrogens is 304 g/mol. The van der Waals surface area contributed by atoms with Crippen LogP contribution < -0.4 is 14.8 Å². The van der Waals surface area contributed by atoms with Gasteiger partial charge in [-0.1, -0.05) is 11.6 Å². The minimum absolute atomic E-state index is 0.441. The lowest BCUT2D eigenvalue weighted by molar-refractivity contribution is 0.170. The van der Waals surface area contributed by atoms with Crippen LogP contribution in [-0.2, 0) is 6.54 Å². The predicted molar refractivity (Wildman–Crippen MR) is 83.3 cm³/mol. The molecule has 0 amide bonds. The summed E-state index contributed by atoms with van der Waals surface area (Å²) in [5, 5.41) is 13.8. The molecule has 0 saturated heterocycles. The quantitative estimate of drug-likeness (QED) is 0.885. The van der Waals surface area contributed by atoms with E-state index in [-0.39, 0.29) is 0 Å². The average Bonchev–Trinajstić information content (AvgIpc) is 2.56. The molecule has 1 aliphatic rings. The van der Waals surface area contributed by atoms with Crippen molar-refractivity contribution in [3.8, 4) is 11.5 Å². The molecule has 0 fully saturated rings. The molecule has 2 heterocycles. The van der Waals surface area contributed by atoms with Gasteiger partial charge >= 0.3 is 0 Å². The number of nitrogens with one attached hydrogen (secondary N) is 1. The highest BCUT2D eigenvalue weighted by molar-refractivity contribution is 6.32. The van der Waals surface area contributed by atoms with Crippen molar-refractivity contribution < 1.29 is 14.6 Å². The van der Waals surface area contributed by atoms with Gasteiger partial charge in [0.15, 0.2) is 11.5 Å². The van der Waals surface area contributed by atoms with Crippen LogP contribution in [0.4, 0.5) is 0 Å². The summed E-state index contributed by atoms with van der Waals surface area (Å²) >= 11 is 6.20. The van der Waals surface area contributed by atoms with Gasteiger partial charge in [-0.15, -0.1) is 0 Å². The second kappa shape index (κ2) is 6.96. The first-order chi connectivity index (χ1) is 10.7. The molecular formula is C16H17ClN2O3. The van der Waals surface area contributed by atoms with E-state index in [1.807, 2.05) is 12.1 Å². The molecule has 116 valence electrons. The Balaban J connectivity index is 1.59. The van der Waals surface area contributed by atoms with Gasteiger partial charge in [-0.2, -0.15) is 0 Å². The summed E-state index contributed by atoms with van der Waals surface area (Å²) in [7, 11) is 0. The number of nitrogens with zero attached hydrogens (tertiary/aromatic N) is 1. The molecule has 0 bridgehead atoms. The summed E-state index contributed by atoms with van der Waals surface area (Å²) in [6.07, 6.45) is 2.76. The Morgan fingerprint density at radius 1 is 1.23 bits per heavy atom. The third-order valence-electron chi connectivity index (χ3n) is 3.41. The molecule has 0 saturated carbocycles. The summed E-state index contributed by atoms with van der Waals surface area (Å²) in [4.78, 5) is 3.93. The summed E-state index contributed by atoms with van der Waals surface area (Å²) in [5.41, 5.74) is 1.82. The van der Waals surface area contributed by atoms with Crippen LogP contribution in [0, 0.1) is 0 Å². The highest BCUT2D eigenvalue weighted by Gasteiger charge is 2.16. The molecule has 5 nitrogen and oxygen atoms in total. The zero-order valence-electron chi connectivity index (χ0n) is 12.0. The molecule has 1 aromatic carbocycles. The maximum atomic E-state index is 10.1. The molecule has 1 aromatic heterocycles. The van der Waals surface area contributed by atoms with Crippen LogP contribution in [0.25, 0.3) is 0 Å². The van der Waals surface area contributed by atoms with Crippen molar-refractivity contribution in [2.24, 2.45) is 0 Å². The molecule has 6 heteroatoms. The second-order valence-electron chi connectivity index (χ2n) is 5.03. The fourth-order valence-corrected chi connectivity index (χ4v) is 2.61. The van der Waals surface area contributed by atoms with Crippen molar-refractivity contribution in [3.05, 3.63) is 52.8 Å². The Labute approximate surface area is 133 Å². The zero-order chi connectivity index (χ0) is 15.4. The van der Waals surface area contributed by atoms with Crippen molar-refractivity contribution in [3.63, 3.8) is 0 Å². The first kappa shape index (κ1) is 15.1. The number of ether oxygens (including phenoxy) is 2. The second-order valence-corrected chi connectivity index (χ2v) is 5.44. The molecule has 2 aromatic rings. The lowest BCUT2D eigenvalue weighted by Crippen LogP contribution is -2.21. The molecule has 3 rings (SSSR count). The largest absolute Gasteiger partial charge is 0.486 e. The van der Waals surface area contributed by atoms with E-state index in [1.54, 1.807) is 24.5 Å². The van der Waals surface area contributed by atoms with Crippen LogP contribution in [0.3, 0.4) is 0 Å². The highest BCUT2D eigenvalue weighted by atomic mass is 35.5. The number of fused-ring (bicyclic) bond motifs is 1. The molecule has 0 aliphatic carbocycles. The van der Waals surface area contributed by atoms with E-state index in [4.69, 9.17) is 21.1 Å². The van der Waals surface area contributed by atoms with Gasteiger partial charge in [0.25, 0.3) is 0 Å². The smallest absolute Gasteiger partial charge is 0.179 e. The van der Waals surface area contributed by atoms with E-state index in [9.17, 15) is 5.11 Å². The van der Waals surface area contributed by atoms with Crippen LogP contribution in [0.2, 0.25) is 5.02 Å². The Bertz CT molecular complexity index is 637. The van der Waals surface area contributed by atoms with Crippen molar-refractivity contribution in [2.75, 3.05) is 19.8 Å². The lowest BCUT2D eigenvalue weighted by Gasteiger charge is -2.20. The van der Waals surface area contributed by atoms with Gasteiger partial charge in [-0.3, -0.25) is 4.98 Å². The first-order valence-corrected chi connectivity index (χ1v) is 7.48. The minimum atomic E-state index is -0.573. The zero-order valence-corrected chi connectivity index (χ0v) is 12.7. The monoisotopic (exact) mass is 320 g/mol. The molecule has 1 aliphatic heterocycles. The van der Waals surface area contributed by atoms with Crippen molar-refractivity contribution in [2.45, 2.75) is 12.6 Å². The van der Waals surface area contributed by atoms with E-state index in [0.717, 1.165) is 11.1 Å². The fraction of sp³-hybridized carbons (Fsp3) is 0.312. The molecule has 1 atom stereocenters. The van der Waals surface area contributed by atoms with E-state index in [1.165, 1.54) is 0 Å². The third kappa shape index (κ3) is 3.50. The number of aliphatic hydroxyl groups excluding tert-OH is 1. The van der Waals surface area contributed by atoms with E-state index >= 15 is 0 Å². The Morgan fingerprint density at radius 3 is 2.82 bits per heavy atom. The molecule has 0 spiro atoms. The normalized spacial score (nSPS) is 14.6. The van der Waals surface area contributed by atoms with Gasteiger partial charge in [0.2, 0.25) is 0 Å². The summed E-state index contributed by atoms with van der Waals surface area (Å²) < 4.78 is 11.0. The third-order valence-corrected chi connectivity index (χ3v) is 3.70. The van der Waals surface area contributed by atoms with Crippen molar-refractivity contribution >= 4 is 11.6 Å². The summed E-state index contributed by atoms with van der Waals surface area (Å²) in [6.45, 7) is 2.07. The number of rotatable bonds is 5. The van der Waals surface area contributed by atoms with Gasteiger partial charge in [0.1, 0.15) is 13.2 Å². The van der Waals surface area contributed by atoms with E-state index in [2.05, 4.69) is 10.3 Å². The van der Waals surface area contributed by atoms with Gasteiger partial charge in [0.05, 0.1) is 11.1 Å². The molecule has 22 heavy (non-hydrogen) atoms. The topological polar surface area (TPSA) is 63.6 Å². The van der Waals surface area contributed by atoms with Crippen LogP contribution >= 0.6 is 11.6 Å². The Hall–Kier alpha value is -1.82. The van der Waals surface area contributed by atoms with Gasteiger partial charge < -0.3 is 19.9 Å². The number of hydrogen-bond acceptors (Lipinski definition) is 5.